The van der Waals surface area contributed by atoms with Gasteiger partial charge in [0.15, 0.2) is 0 Å². The molecule has 1 aromatic rings. The minimum Gasteiger partial charge on any atom is -0.326 e. The van der Waals surface area contributed by atoms with E-state index in [9.17, 15) is 9.59 Å². The third kappa shape index (κ3) is 3.55. The fourth-order valence-corrected chi connectivity index (χ4v) is 3.51. The highest BCUT2D eigenvalue weighted by molar-refractivity contribution is 5.98. The number of likely N-dealkylation sites (tertiary alicyclic amines) is 1. The molecule has 0 aliphatic carbocycles. The van der Waals surface area contributed by atoms with Crippen LogP contribution in [-0.2, 0) is 9.59 Å². The first-order chi connectivity index (χ1) is 11.0. The summed E-state index contributed by atoms with van der Waals surface area (Å²) in [6.07, 6.45) is 3.53. The van der Waals surface area contributed by atoms with E-state index in [0.29, 0.717) is 6.42 Å². The lowest BCUT2D eigenvalue weighted by molar-refractivity contribution is -0.121. The number of hydrogen-bond donors (Lipinski definition) is 1. The van der Waals surface area contributed by atoms with Gasteiger partial charge in [0, 0.05) is 30.9 Å². The third-order valence-electron chi connectivity index (χ3n) is 4.84. The number of aryl methyl sites for hydroxylation is 1. The van der Waals surface area contributed by atoms with Crippen molar-refractivity contribution in [2.75, 3.05) is 36.9 Å². The summed E-state index contributed by atoms with van der Waals surface area (Å²) in [6.45, 7) is 4.65. The van der Waals surface area contributed by atoms with E-state index in [1.807, 2.05) is 30.0 Å². The Labute approximate surface area is 137 Å². The Morgan fingerprint density at radius 1 is 1.26 bits per heavy atom. The number of hydrogen-bond acceptors (Lipinski definition) is 3. The van der Waals surface area contributed by atoms with Crippen molar-refractivity contribution in [2.45, 2.75) is 32.6 Å². The highest BCUT2D eigenvalue weighted by Crippen LogP contribution is 2.28. The first-order valence-electron chi connectivity index (χ1n) is 8.45. The molecule has 2 fully saturated rings. The van der Waals surface area contributed by atoms with Gasteiger partial charge in [0.2, 0.25) is 11.8 Å². The minimum absolute atomic E-state index is 0.0481. The molecule has 0 saturated carbocycles. The van der Waals surface area contributed by atoms with Crippen molar-refractivity contribution in [1.29, 1.82) is 0 Å². The summed E-state index contributed by atoms with van der Waals surface area (Å²) < 4.78 is 0. The third-order valence-corrected chi connectivity index (χ3v) is 4.84. The molecular weight excluding hydrogens is 290 g/mol. The molecule has 2 aliphatic rings. The molecule has 23 heavy (non-hydrogen) atoms. The Balaban J connectivity index is 1.73. The van der Waals surface area contributed by atoms with Crippen LogP contribution in [0.4, 0.5) is 11.4 Å². The van der Waals surface area contributed by atoms with Crippen LogP contribution in [0.25, 0.3) is 0 Å². The zero-order chi connectivity index (χ0) is 16.4. The van der Waals surface area contributed by atoms with Crippen molar-refractivity contribution in [2.24, 2.45) is 5.92 Å². The lowest BCUT2D eigenvalue weighted by atomic mass is 9.97. The standard InChI is InChI=1S/C18H25N3O2/c1-13-7-8-15(11-16(13)21-10-4-6-17(21)22)19-18(23)14-5-3-9-20(2)12-14/h7-8,11,14H,3-6,9-10,12H2,1-2H3,(H,19,23). The first kappa shape index (κ1) is 16.0. The lowest BCUT2D eigenvalue weighted by Gasteiger charge is -2.29. The van der Waals surface area contributed by atoms with Crippen molar-refractivity contribution in [3.63, 3.8) is 0 Å². The minimum atomic E-state index is 0.0481. The SMILES string of the molecule is Cc1ccc(NC(=O)C2CCCN(C)C2)cc1N1CCCC1=O. The Morgan fingerprint density at radius 3 is 2.78 bits per heavy atom. The number of carbonyl (C=O) groups excluding carboxylic acids is 2. The maximum Gasteiger partial charge on any atom is 0.228 e. The van der Waals surface area contributed by atoms with Crippen molar-refractivity contribution >= 4 is 23.2 Å². The summed E-state index contributed by atoms with van der Waals surface area (Å²) in [6, 6.07) is 5.83. The molecule has 0 aromatic heterocycles. The van der Waals surface area contributed by atoms with Crippen molar-refractivity contribution in [3.8, 4) is 0 Å². The topological polar surface area (TPSA) is 52.7 Å². The van der Waals surface area contributed by atoms with Crippen LogP contribution in [-0.4, -0.2) is 43.4 Å². The largest absolute Gasteiger partial charge is 0.326 e. The molecule has 124 valence electrons. The van der Waals surface area contributed by atoms with E-state index in [1.165, 1.54) is 0 Å². The Bertz CT molecular complexity index is 614. The van der Waals surface area contributed by atoms with Crippen LogP contribution in [0, 0.1) is 12.8 Å². The molecule has 2 amide bonds. The van der Waals surface area contributed by atoms with Gasteiger partial charge >= 0.3 is 0 Å². The second-order valence-corrected chi connectivity index (χ2v) is 6.74. The van der Waals surface area contributed by atoms with Gasteiger partial charge in [0.05, 0.1) is 5.92 Å². The molecule has 1 N–H and O–H groups in total. The fraction of sp³-hybridized carbons (Fsp3) is 0.556. The van der Waals surface area contributed by atoms with E-state index in [1.54, 1.807) is 0 Å². The van der Waals surface area contributed by atoms with Crippen LogP contribution in [0.3, 0.4) is 0 Å². The molecule has 1 atom stereocenters. The maximum absolute atomic E-state index is 12.5. The zero-order valence-electron chi connectivity index (χ0n) is 14.0. The van der Waals surface area contributed by atoms with Gasteiger partial charge in [-0.3, -0.25) is 9.59 Å². The number of benzene rings is 1. The van der Waals surface area contributed by atoms with Crippen LogP contribution < -0.4 is 10.2 Å². The van der Waals surface area contributed by atoms with Crippen LogP contribution in [0.15, 0.2) is 18.2 Å². The van der Waals surface area contributed by atoms with Gasteiger partial charge in [-0.1, -0.05) is 6.07 Å². The van der Waals surface area contributed by atoms with Crippen LogP contribution in [0.5, 0.6) is 0 Å². The second-order valence-electron chi connectivity index (χ2n) is 6.74. The summed E-state index contributed by atoms with van der Waals surface area (Å²) in [7, 11) is 2.06. The quantitative estimate of drug-likeness (QED) is 0.932. The average Bonchev–Trinajstić information content (AvgIpc) is 2.95. The molecule has 3 rings (SSSR count). The summed E-state index contributed by atoms with van der Waals surface area (Å²) in [5.41, 5.74) is 2.77. The summed E-state index contributed by atoms with van der Waals surface area (Å²) in [5, 5.41) is 3.03. The molecule has 2 aliphatic heterocycles. The summed E-state index contributed by atoms with van der Waals surface area (Å²) in [4.78, 5) is 28.5. The predicted octanol–water partition coefficient (Wildman–Crippen LogP) is 2.40. The molecule has 5 nitrogen and oxygen atoms in total. The predicted molar refractivity (Wildman–Crippen MR) is 91.6 cm³/mol. The number of anilines is 2. The second kappa shape index (κ2) is 6.71. The number of carbonyl (C=O) groups is 2. The normalized spacial score (nSPS) is 22.4. The molecule has 2 saturated heterocycles. The van der Waals surface area contributed by atoms with Gasteiger partial charge in [0.25, 0.3) is 0 Å². The molecule has 1 unspecified atom stereocenters. The summed E-state index contributed by atoms with van der Waals surface area (Å²) >= 11 is 0. The van der Waals surface area contributed by atoms with Crippen LogP contribution >= 0.6 is 0 Å². The fourth-order valence-electron chi connectivity index (χ4n) is 3.51. The molecule has 1 aromatic carbocycles. The number of rotatable bonds is 3. The van der Waals surface area contributed by atoms with Gasteiger partial charge in [-0.25, -0.2) is 0 Å². The van der Waals surface area contributed by atoms with Gasteiger partial charge in [0.1, 0.15) is 0 Å². The van der Waals surface area contributed by atoms with Crippen molar-refractivity contribution in [3.05, 3.63) is 23.8 Å². The van der Waals surface area contributed by atoms with Crippen LogP contribution in [0.1, 0.15) is 31.2 Å². The molecule has 0 radical (unpaired) electrons. The highest BCUT2D eigenvalue weighted by atomic mass is 16.2. The first-order valence-corrected chi connectivity index (χ1v) is 8.45. The monoisotopic (exact) mass is 315 g/mol. The molecule has 0 bridgehead atoms. The Morgan fingerprint density at radius 2 is 2.09 bits per heavy atom. The molecular formula is C18H25N3O2. The van der Waals surface area contributed by atoms with Gasteiger partial charge in [-0.15, -0.1) is 0 Å². The lowest BCUT2D eigenvalue weighted by Crippen LogP contribution is -2.38. The Hall–Kier alpha value is -1.88. The van der Waals surface area contributed by atoms with E-state index in [4.69, 9.17) is 0 Å². The van der Waals surface area contributed by atoms with Gasteiger partial charge < -0.3 is 15.1 Å². The molecule has 0 spiro atoms. The molecule has 2 heterocycles. The number of nitrogens with one attached hydrogen (secondary N) is 1. The van der Waals surface area contributed by atoms with Crippen molar-refractivity contribution in [1.82, 2.24) is 4.90 Å². The number of piperidine rings is 1. The van der Waals surface area contributed by atoms with Gasteiger partial charge in [-0.05, 0) is 57.5 Å². The average molecular weight is 315 g/mol. The summed E-state index contributed by atoms with van der Waals surface area (Å²) in [5.74, 6) is 0.302. The molecule has 5 heteroatoms. The Kier molecular flexibility index (Phi) is 4.66. The van der Waals surface area contributed by atoms with E-state index in [2.05, 4.69) is 17.3 Å². The maximum atomic E-state index is 12.5. The zero-order valence-corrected chi connectivity index (χ0v) is 14.0. The van der Waals surface area contributed by atoms with E-state index in [0.717, 1.165) is 55.8 Å². The highest BCUT2D eigenvalue weighted by Gasteiger charge is 2.25. The van der Waals surface area contributed by atoms with Crippen molar-refractivity contribution < 1.29 is 9.59 Å². The number of nitrogens with zero attached hydrogens (tertiary/aromatic N) is 2. The smallest absolute Gasteiger partial charge is 0.228 e. The van der Waals surface area contributed by atoms with E-state index < -0.39 is 0 Å². The van der Waals surface area contributed by atoms with Crippen LogP contribution in [0.2, 0.25) is 0 Å². The van der Waals surface area contributed by atoms with Gasteiger partial charge in [-0.2, -0.15) is 0 Å². The van der Waals surface area contributed by atoms with E-state index in [-0.39, 0.29) is 17.7 Å². The van der Waals surface area contributed by atoms with E-state index >= 15 is 0 Å². The number of amides is 2.